The monoisotopic (exact) mass is 850 g/mol. The number of alkyl halides is 1. The summed E-state index contributed by atoms with van der Waals surface area (Å²) in [4.78, 5) is 32.9. The molecule has 9 aromatic rings. The Labute approximate surface area is 352 Å². The van der Waals surface area contributed by atoms with Gasteiger partial charge in [0.15, 0.2) is 39.9 Å². The number of halogens is 1. The zero-order chi connectivity index (χ0) is 43.8. The first-order valence-corrected chi connectivity index (χ1v) is 17.7. The molecule has 0 aromatic carbocycles. The molecule has 24 heteroatoms. The Hall–Kier alpha value is -8.20. The van der Waals surface area contributed by atoms with E-state index in [1.54, 1.807) is 95.3 Å². The van der Waals surface area contributed by atoms with Gasteiger partial charge in [-0.15, -0.1) is 11.6 Å². The predicted molar refractivity (Wildman–Crippen MR) is 229 cm³/mol. The van der Waals surface area contributed by atoms with E-state index in [1.165, 1.54) is 0 Å². The van der Waals surface area contributed by atoms with Crippen molar-refractivity contribution >= 4 is 73.7 Å². The van der Waals surface area contributed by atoms with Crippen LogP contribution in [0.5, 0.6) is 0 Å². The van der Waals surface area contributed by atoms with Crippen molar-refractivity contribution in [1.29, 1.82) is 10.7 Å². The molecule has 10 N–H and O–H groups in total. The lowest BCUT2D eigenvalue weighted by Crippen LogP contribution is -2.14. The molecular weight excluding hydrogens is 808 g/mol. The summed E-state index contributed by atoms with van der Waals surface area (Å²) in [5.74, 6) is 4.34. The van der Waals surface area contributed by atoms with Crippen molar-refractivity contribution < 1.29 is 15.2 Å². The third-order valence-electron chi connectivity index (χ3n) is 7.89. The van der Waals surface area contributed by atoms with Gasteiger partial charge in [0.2, 0.25) is 0 Å². The van der Waals surface area contributed by atoms with E-state index in [2.05, 4.69) is 61.4 Å². The maximum atomic E-state index is 9.04. The van der Waals surface area contributed by atoms with E-state index < -0.39 is 0 Å². The van der Waals surface area contributed by atoms with Crippen LogP contribution in [0, 0.1) is 16.7 Å². The van der Waals surface area contributed by atoms with E-state index in [4.69, 9.17) is 48.9 Å². The van der Waals surface area contributed by atoms with Gasteiger partial charge in [-0.1, -0.05) is 12.6 Å². The lowest BCUT2D eigenvalue weighted by Gasteiger charge is -1.91. The summed E-state index contributed by atoms with van der Waals surface area (Å²) in [5.41, 5.74) is 16.1. The van der Waals surface area contributed by atoms with Gasteiger partial charge in [-0.05, 0) is 48.5 Å². The second-order valence-corrected chi connectivity index (χ2v) is 12.0. The molecule has 0 aliphatic rings. The summed E-state index contributed by atoms with van der Waals surface area (Å²) in [5, 5.41) is 54.0. The van der Waals surface area contributed by atoms with Gasteiger partial charge in [-0.2, -0.15) is 25.7 Å². The fourth-order valence-corrected chi connectivity index (χ4v) is 5.45. The van der Waals surface area contributed by atoms with E-state index in [-0.39, 0.29) is 25.0 Å². The summed E-state index contributed by atoms with van der Waals surface area (Å²) in [6.45, 7) is 0. The molecule has 0 spiro atoms. The number of fused-ring (bicyclic) bond motifs is 4. The number of imidazole rings is 1. The number of oxime groups is 1. The van der Waals surface area contributed by atoms with Crippen molar-refractivity contribution in [3.05, 3.63) is 103 Å². The zero-order valence-corrected chi connectivity index (χ0v) is 33.2. The number of aryl methyl sites for hydroxylation is 4. The number of nitriles is 1. The molecule has 0 saturated heterocycles. The highest BCUT2D eigenvalue weighted by molar-refractivity contribution is 6.24. The van der Waals surface area contributed by atoms with Crippen LogP contribution in [0.1, 0.15) is 24.5 Å². The largest absolute Gasteiger partial charge is 0.409 e. The minimum absolute atomic E-state index is 0. The summed E-state index contributed by atoms with van der Waals surface area (Å²) in [7, 11) is 7.18. The van der Waals surface area contributed by atoms with E-state index in [9.17, 15) is 0 Å². The number of nitrogens with two attached hydrogens (primary N) is 3. The smallest absolute Gasteiger partial charge is 0.191 e. The second kappa shape index (κ2) is 22.7. The number of pyridine rings is 4. The minimum Gasteiger partial charge on any atom is -0.409 e. The van der Waals surface area contributed by atoms with Crippen molar-refractivity contribution in [1.82, 2.24) is 69.0 Å². The molecular formula is C37H43ClN20O3. The number of nitrogens with zero attached hydrogens (tertiary/aromatic N) is 15. The van der Waals surface area contributed by atoms with Crippen LogP contribution >= 0.6 is 11.6 Å². The molecule has 61 heavy (non-hydrogen) atoms. The summed E-state index contributed by atoms with van der Waals surface area (Å²) < 4.78 is 6.57. The number of H-pyrrole nitrogens is 1. The van der Waals surface area contributed by atoms with Crippen LogP contribution < -0.4 is 17.4 Å². The Morgan fingerprint density at radius 2 is 1.18 bits per heavy atom. The number of rotatable bonds is 4. The van der Waals surface area contributed by atoms with Crippen molar-refractivity contribution in [3.8, 4) is 17.6 Å². The third kappa shape index (κ3) is 11.1. The summed E-state index contributed by atoms with van der Waals surface area (Å²) in [6.07, 6.45) is 10.9. The molecule has 316 valence electrons. The molecule has 0 aliphatic heterocycles. The SMILES string of the molecule is C.Cn1nc(-c2ncc[nH]2)c2cccnc21.Cn1nc(C#N)c2cccnc21.Cn1nc(C(=N)N)c2cccnc21.Cn1nc(C(N)=NO)c2cccnc21.NO.O=CCCl. The molecule has 9 rings (SSSR count). The molecule has 0 unspecified atom stereocenters. The molecule has 0 fully saturated rings. The van der Waals surface area contributed by atoms with Crippen molar-refractivity contribution in [3.63, 3.8) is 0 Å². The number of amidine groups is 2. The molecule has 9 aromatic heterocycles. The number of hydrogen-bond donors (Lipinski definition) is 7. The van der Waals surface area contributed by atoms with E-state index in [0.717, 1.165) is 50.0 Å². The average Bonchev–Trinajstić information content (AvgIpc) is 4.14. The number of nitrogens with one attached hydrogen (secondary N) is 2. The lowest BCUT2D eigenvalue weighted by atomic mass is 10.2. The number of aldehydes is 1. The normalized spacial score (nSPS) is 10.2. The first kappa shape index (κ1) is 47.2. The van der Waals surface area contributed by atoms with Crippen LogP contribution in [0.3, 0.4) is 0 Å². The van der Waals surface area contributed by atoms with Crippen molar-refractivity contribution in [2.24, 2.45) is 50.7 Å². The zero-order valence-electron chi connectivity index (χ0n) is 32.5. The van der Waals surface area contributed by atoms with Gasteiger partial charge in [-0.3, -0.25) is 5.41 Å². The fourth-order valence-electron chi connectivity index (χ4n) is 5.45. The average molecular weight is 851 g/mol. The van der Waals surface area contributed by atoms with Gasteiger partial charge < -0.3 is 31.7 Å². The highest BCUT2D eigenvalue weighted by Gasteiger charge is 2.14. The Balaban J connectivity index is 0.000000207. The third-order valence-corrected chi connectivity index (χ3v) is 8.02. The molecule has 0 atom stereocenters. The van der Waals surface area contributed by atoms with Crippen LogP contribution in [-0.2, 0) is 33.0 Å². The maximum Gasteiger partial charge on any atom is 0.191 e. The molecule has 0 bridgehead atoms. The minimum atomic E-state index is -0.0291. The number of aromatic nitrogens is 14. The summed E-state index contributed by atoms with van der Waals surface area (Å²) >= 11 is 4.82. The van der Waals surface area contributed by atoms with E-state index in [0.29, 0.717) is 29.0 Å². The Bertz CT molecular complexity index is 2890. The fraction of sp³-hybridized carbons (Fsp3) is 0.162. The highest BCUT2D eigenvalue weighted by atomic mass is 35.5. The number of carbonyl (C=O) groups excluding carboxylic acids is 1. The Morgan fingerprint density at radius 3 is 1.64 bits per heavy atom. The van der Waals surface area contributed by atoms with Gasteiger partial charge in [0.1, 0.15) is 35.3 Å². The Morgan fingerprint density at radius 1 is 0.754 bits per heavy atom. The predicted octanol–water partition coefficient (Wildman–Crippen LogP) is 2.91. The number of nitrogen functional groups attached to an aromatic ring is 1. The second-order valence-electron chi connectivity index (χ2n) is 11.7. The van der Waals surface area contributed by atoms with E-state index >= 15 is 0 Å². The van der Waals surface area contributed by atoms with Gasteiger partial charge in [0.25, 0.3) is 0 Å². The van der Waals surface area contributed by atoms with Crippen LogP contribution in [0.25, 0.3) is 55.7 Å². The standard InChI is InChI=1S/C10H9N5.C8H9N5O.C8H9N5.C8H6N4.C2H3ClO.CH4.H3NO/c1-15-10-7(3-2-4-13-10)8(14-15)9-11-5-6-12-9;1-13-8-5(3-2-4-10-8)6(11-13)7(9)12-14;1-13-8-5(3-2-4-11-8)6(12-13)7(9)10;1-12-8-6(3-2-4-10-8)7(5-9)11-12;3-1-2-4;;1-2/h2-6H,1H3,(H,11,12);2-4,14H,1H3,(H2,9,12);2-4H,1H3,(H3,9,10);2-4H,1H3;2H,1H2;1H4;2H,1H2. The Kier molecular flexibility index (Phi) is 17.5. The summed E-state index contributed by atoms with van der Waals surface area (Å²) in [6, 6.07) is 16.8. The van der Waals surface area contributed by atoms with Crippen LogP contribution in [-0.4, -0.2) is 103 Å². The molecule has 0 saturated carbocycles. The van der Waals surface area contributed by atoms with Gasteiger partial charge in [0, 0.05) is 65.4 Å². The molecule has 0 radical (unpaired) electrons. The molecule has 0 amide bonds. The molecule has 23 nitrogen and oxygen atoms in total. The lowest BCUT2D eigenvalue weighted by molar-refractivity contribution is -0.105. The first-order valence-electron chi connectivity index (χ1n) is 17.1. The number of aromatic amines is 1. The van der Waals surface area contributed by atoms with Crippen LogP contribution in [0.15, 0.2) is 90.9 Å². The molecule has 9 heterocycles. The first-order chi connectivity index (χ1) is 29.0. The molecule has 0 aliphatic carbocycles. The topological polar surface area (TPSA) is 347 Å². The number of carbonyl (C=O) groups is 1. The van der Waals surface area contributed by atoms with E-state index in [1.807, 2.05) is 43.4 Å². The number of hydrogen-bond acceptors (Lipinski definition) is 16. The van der Waals surface area contributed by atoms with Crippen LogP contribution in [0.2, 0.25) is 0 Å². The van der Waals surface area contributed by atoms with Gasteiger partial charge in [0.05, 0.1) is 27.4 Å². The van der Waals surface area contributed by atoms with Crippen molar-refractivity contribution in [2.75, 3.05) is 5.88 Å². The van der Waals surface area contributed by atoms with Crippen molar-refractivity contribution in [2.45, 2.75) is 7.43 Å². The maximum absolute atomic E-state index is 9.04. The van der Waals surface area contributed by atoms with Gasteiger partial charge >= 0.3 is 0 Å². The van der Waals surface area contributed by atoms with Gasteiger partial charge in [-0.25, -0.2) is 49.5 Å². The van der Waals surface area contributed by atoms with Crippen LogP contribution in [0.4, 0.5) is 0 Å². The quantitative estimate of drug-likeness (QED) is 0.0334. The highest BCUT2D eigenvalue weighted by Crippen LogP contribution is 2.23.